The van der Waals surface area contributed by atoms with Crippen molar-refractivity contribution in [3.63, 3.8) is 0 Å². The Bertz CT molecular complexity index is 727. The van der Waals surface area contributed by atoms with Crippen LogP contribution in [-0.2, 0) is 0 Å². The van der Waals surface area contributed by atoms with Crippen LogP contribution in [-0.4, -0.2) is 15.0 Å². The molecule has 3 aromatic rings. The fraction of sp³-hybridized carbons (Fsp3) is 0. The molecule has 0 unspecified atom stereocenters. The molecule has 3 rings (SSSR count). The van der Waals surface area contributed by atoms with E-state index in [-0.39, 0.29) is 6.01 Å². The lowest BCUT2D eigenvalue weighted by atomic mass is 10.2. The molecule has 0 atom stereocenters. The SMILES string of the molecule is Nc1cc(Br)nc(Oc2ccc3cccnc3c2)n1. The molecular weight excluding hydrogens is 308 g/mol. The van der Waals surface area contributed by atoms with Crippen LogP contribution >= 0.6 is 15.9 Å². The van der Waals surface area contributed by atoms with E-state index in [9.17, 15) is 0 Å². The quantitative estimate of drug-likeness (QED) is 0.735. The minimum atomic E-state index is 0.196. The maximum atomic E-state index is 5.63. The van der Waals surface area contributed by atoms with Crippen molar-refractivity contribution in [2.45, 2.75) is 0 Å². The smallest absolute Gasteiger partial charge is 0.325 e. The first-order valence-electron chi connectivity index (χ1n) is 5.53. The summed E-state index contributed by atoms with van der Waals surface area (Å²) in [5.74, 6) is 0.958. The lowest BCUT2D eigenvalue weighted by Gasteiger charge is -2.05. The molecule has 0 aliphatic rings. The largest absolute Gasteiger partial charge is 0.424 e. The molecule has 0 saturated carbocycles. The number of aromatic nitrogens is 3. The van der Waals surface area contributed by atoms with E-state index in [0.29, 0.717) is 16.2 Å². The second-order valence-electron chi connectivity index (χ2n) is 3.86. The van der Waals surface area contributed by atoms with Crippen molar-refractivity contribution in [3.05, 3.63) is 47.2 Å². The third kappa shape index (κ3) is 2.63. The van der Waals surface area contributed by atoms with Crippen LogP contribution in [0, 0.1) is 0 Å². The van der Waals surface area contributed by atoms with Gasteiger partial charge in [-0.05, 0) is 34.1 Å². The summed E-state index contributed by atoms with van der Waals surface area (Å²) in [5, 5.41) is 1.05. The van der Waals surface area contributed by atoms with Gasteiger partial charge in [0.2, 0.25) is 0 Å². The number of hydrogen-bond acceptors (Lipinski definition) is 5. The van der Waals surface area contributed by atoms with Crippen LogP contribution in [0.3, 0.4) is 0 Å². The third-order valence-electron chi connectivity index (χ3n) is 2.48. The molecule has 2 heterocycles. The first-order valence-corrected chi connectivity index (χ1v) is 6.33. The Morgan fingerprint density at radius 3 is 2.84 bits per heavy atom. The van der Waals surface area contributed by atoms with Crippen molar-refractivity contribution in [1.29, 1.82) is 0 Å². The van der Waals surface area contributed by atoms with Crippen LogP contribution in [0.2, 0.25) is 0 Å². The zero-order valence-electron chi connectivity index (χ0n) is 9.75. The predicted octanol–water partition coefficient (Wildman–Crippen LogP) is 3.16. The first kappa shape index (κ1) is 11.9. The molecule has 5 nitrogen and oxygen atoms in total. The number of nitrogens with two attached hydrogens (primary N) is 1. The van der Waals surface area contributed by atoms with E-state index in [2.05, 4.69) is 30.9 Å². The van der Waals surface area contributed by atoms with Gasteiger partial charge in [-0.15, -0.1) is 0 Å². The van der Waals surface area contributed by atoms with Gasteiger partial charge in [0.25, 0.3) is 0 Å². The number of hydrogen-bond donors (Lipinski definition) is 1. The fourth-order valence-electron chi connectivity index (χ4n) is 1.67. The van der Waals surface area contributed by atoms with Crippen molar-refractivity contribution in [2.24, 2.45) is 0 Å². The molecule has 0 aliphatic carbocycles. The number of halogens is 1. The molecule has 1 aromatic carbocycles. The highest BCUT2D eigenvalue weighted by molar-refractivity contribution is 9.10. The molecule has 2 aromatic heterocycles. The van der Waals surface area contributed by atoms with Gasteiger partial charge in [-0.3, -0.25) is 4.98 Å². The molecule has 6 heteroatoms. The Morgan fingerprint density at radius 2 is 2.00 bits per heavy atom. The lowest BCUT2D eigenvalue weighted by Crippen LogP contribution is -1.97. The number of pyridine rings is 1. The highest BCUT2D eigenvalue weighted by Crippen LogP contribution is 2.24. The van der Waals surface area contributed by atoms with E-state index < -0.39 is 0 Å². The predicted molar refractivity (Wildman–Crippen MR) is 76.0 cm³/mol. The highest BCUT2D eigenvalue weighted by atomic mass is 79.9. The van der Waals surface area contributed by atoms with Crippen LogP contribution in [0.4, 0.5) is 5.82 Å². The average Bonchev–Trinajstić information content (AvgIpc) is 2.37. The van der Waals surface area contributed by atoms with E-state index in [1.165, 1.54) is 0 Å². The Morgan fingerprint density at radius 1 is 1.11 bits per heavy atom. The summed E-state index contributed by atoms with van der Waals surface area (Å²) in [5.41, 5.74) is 6.48. The standard InChI is InChI=1S/C13H9BrN4O/c14-11-7-12(15)18-13(17-11)19-9-4-3-8-2-1-5-16-10(8)6-9/h1-7H,(H2,15,17,18). The topological polar surface area (TPSA) is 73.9 Å². The maximum absolute atomic E-state index is 5.63. The van der Waals surface area contributed by atoms with Crippen LogP contribution in [0.15, 0.2) is 47.2 Å². The molecule has 0 fully saturated rings. The number of nitrogen functional groups attached to an aromatic ring is 1. The van der Waals surface area contributed by atoms with E-state index in [1.807, 2.05) is 30.3 Å². The Kier molecular flexibility index (Phi) is 3.00. The van der Waals surface area contributed by atoms with Gasteiger partial charge in [-0.25, -0.2) is 0 Å². The molecule has 0 saturated heterocycles. The molecule has 2 N–H and O–H groups in total. The minimum absolute atomic E-state index is 0.196. The summed E-state index contributed by atoms with van der Waals surface area (Å²) in [6.07, 6.45) is 1.74. The number of anilines is 1. The zero-order chi connectivity index (χ0) is 13.2. The normalized spacial score (nSPS) is 10.6. The van der Waals surface area contributed by atoms with Gasteiger partial charge in [-0.1, -0.05) is 6.07 Å². The number of ether oxygens (including phenoxy) is 1. The lowest BCUT2D eigenvalue weighted by molar-refractivity contribution is 0.442. The van der Waals surface area contributed by atoms with E-state index in [0.717, 1.165) is 10.9 Å². The van der Waals surface area contributed by atoms with E-state index in [1.54, 1.807) is 12.3 Å². The third-order valence-corrected chi connectivity index (χ3v) is 2.89. The van der Waals surface area contributed by atoms with Gasteiger partial charge < -0.3 is 10.5 Å². The monoisotopic (exact) mass is 316 g/mol. The van der Waals surface area contributed by atoms with Crippen molar-refractivity contribution in [1.82, 2.24) is 15.0 Å². The molecular formula is C13H9BrN4O. The van der Waals surface area contributed by atoms with Crippen LogP contribution in [0.1, 0.15) is 0 Å². The summed E-state index contributed by atoms with van der Waals surface area (Å²) in [7, 11) is 0. The Labute approximate surface area is 117 Å². The van der Waals surface area contributed by atoms with Crippen molar-refractivity contribution >= 4 is 32.7 Å². The number of rotatable bonds is 2. The fourth-order valence-corrected chi connectivity index (χ4v) is 2.06. The molecule has 0 radical (unpaired) electrons. The summed E-state index contributed by atoms with van der Waals surface area (Å²) in [6, 6.07) is 11.3. The van der Waals surface area contributed by atoms with Crippen molar-refractivity contribution in [2.75, 3.05) is 5.73 Å². The molecule has 94 valence electrons. The summed E-state index contributed by atoms with van der Waals surface area (Å²) >= 11 is 3.24. The molecule has 0 aliphatic heterocycles. The highest BCUT2D eigenvalue weighted by Gasteiger charge is 2.04. The van der Waals surface area contributed by atoms with E-state index >= 15 is 0 Å². The minimum Gasteiger partial charge on any atom is -0.424 e. The Balaban J connectivity index is 1.96. The number of fused-ring (bicyclic) bond motifs is 1. The Hall–Kier alpha value is -2.21. The van der Waals surface area contributed by atoms with E-state index in [4.69, 9.17) is 10.5 Å². The second kappa shape index (κ2) is 4.81. The van der Waals surface area contributed by atoms with Gasteiger partial charge >= 0.3 is 6.01 Å². The molecule has 19 heavy (non-hydrogen) atoms. The van der Waals surface area contributed by atoms with Crippen LogP contribution in [0.25, 0.3) is 10.9 Å². The van der Waals surface area contributed by atoms with Gasteiger partial charge in [-0.2, -0.15) is 9.97 Å². The zero-order valence-corrected chi connectivity index (χ0v) is 11.3. The van der Waals surface area contributed by atoms with Gasteiger partial charge in [0.05, 0.1) is 5.52 Å². The molecule has 0 bridgehead atoms. The van der Waals surface area contributed by atoms with Crippen molar-refractivity contribution < 1.29 is 4.74 Å². The number of nitrogens with zero attached hydrogens (tertiary/aromatic N) is 3. The van der Waals surface area contributed by atoms with Gasteiger partial charge in [0.1, 0.15) is 16.2 Å². The van der Waals surface area contributed by atoms with Crippen LogP contribution in [0.5, 0.6) is 11.8 Å². The molecule has 0 spiro atoms. The first-order chi connectivity index (χ1) is 9.20. The molecule has 0 amide bonds. The van der Waals surface area contributed by atoms with Gasteiger partial charge in [0, 0.05) is 23.7 Å². The van der Waals surface area contributed by atoms with Crippen LogP contribution < -0.4 is 10.5 Å². The summed E-state index contributed by atoms with van der Waals surface area (Å²) < 4.78 is 6.15. The number of benzene rings is 1. The summed E-state index contributed by atoms with van der Waals surface area (Å²) in [4.78, 5) is 12.4. The average molecular weight is 317 g/mol. The second-order valence-corrected chi connectivity index (χ2v) is 4.67. The summed E-state index contributed by atoms with van der Waals surface area (Å²) in [6.45, 7) is 0. The van der Waals surface area contributed by atoms with Gasteiger partial charge in [0.15, 0.2) is 0 Å². The van der Waals surface area contributed by atoms with Crippen molar-refractivity contribution in [3.8, 4) is 11.8 Å². The maximum Gasteiger partial charge on any atom is 0.325 e.